The summed E-state index contributed by atoms with van der Waals surface area (Å²) >= 11 is 0. The Morgan fingerprint density at radius 1 is 0.595 bits per heavy atom. The molecular weight excluding hydrogens is 985 g/mol. The first kappa shape index (κ1) is 67.1. The van der Waals surface area contributed by atoms with E-state index >= 15 is 0 Å². The Balaban J connectivity index is 0.000000611. The number of carbonyl (C=O) groups is 2. The molecule has 0 aliphatic rings. The molecule has 4 aromatic rings. The van der Waals surface area contributed by atoms with Crippen LogP contribution in [-0.4, -0.2) is 136 Å². The first-order chi connectivity index (χ1) is 34.1. The summed E-state index contributed by atoms with van der Waals surface area (Å²) in [6, 6.07) is 23.7. The largest absolute Gasteiger partial charge is 0.497 e. The van der Waals surface area contributed by atoms with E-state index in [0.717, 1.165) is 25.2 Å². The molecular formula is C55H88N6O11S2. The highest BCUT2D eigenvalue weighted by molar-refractivity contribution is 7.89. The van der Waals surface area contributed by atoms with Crippen LogP contribution in [0.4, 0.5) is 0 Å². The van der Waals surface area contributed by atoms with Crippen molar-refractivity contribution in [2.75, 3.05) is 82.1 Å². The molecule has 0 saturated carbocycles. The summed E-state index contributed by atoms with van der Waals surface area (Å²) in [4.78, 5) is 24.6. The van der Waals surface area contributed by atoms with E-state index in [1.807, 2.05) is 19.2 Å². The summed E-state index contributed by atoms with van der Waals surface area (Å²) in [7, 11) is 2.43. The molecule has 0 unspecified atom stereocenters. The van der Waals surface area contributed by atoms with Crippen LogP contribution in [-0.2, 0) is 70.0 Å². The highest BCUT2D eigenvalue weighted by atomic mass is 32.2. The van der Waals surface area contributed by atoms with Gasteiger partial charge in [0.15, 0.2) is 6.79 Å². The highest BCUT2D eigenvalue weighted by Gasteiger charge is 2.27. The third-order valence-corrected chi connectivity index (χ3v) is 15.5. The van der Waals surface area contributed by atoms with Gasteiger partial charge in [0.05, 0.1) is 37.2 Å². The lowest BCUT2D eigenvalue weighted by Crippen LogP contribution is -2.35. The van der Waals surface area contributed by atoms with Crippen LogP contribution in [0.1, 0.15) is 93.5 Å². The third kappa shape index (κ3) is 23.3. The molecule has 416 valence electrons. The molecule has 0 spiro atoms. The zero-order chi connectivity index (χ0) is 55.2. The van der Waals surface area contributed by atoms with Gasteiger partial charge >= 0.3 is 0 Å². The van der Waals surface area contributed by atoms with Crippen LogP contribution in [0.2, 0.25) is 0 Å². The second kappa shape index (κ2) is 31.8. The second-order valence-electron chi connectivity index (χ2n) is 19.8. The maximum Gasteiger partial charge on any atom is 0.295 e. The number of nitrogens with zero attached hydrogens (tertiary/aromatic N) is 3. The van der Waals surface area contributed by atoms with Gasteiger partial charge in [-0.3, -0.25) is 9.59 Å². The number of sulfonamides is 2. The third-order valence-electron chi connectivity index (χ3n) is 11.1. The Morgan fingerprint density at radius 2 is 0.946 bits per heavy atom. The van der Waals surface area contributed by atoms with E-state index in [2.05, 4.69) is 98.6 Å². The minimum atomic E-state index is -3.70. The van der Waals surface area contributed by atoms with Gasteiger partial charge in [0, 0.05) is 71.5 Å². The van der Waals surface area contributed by atoms with Crippen molar-refractivity contribution < 1.29 is 50.1 Å². The fraction of sp³-hybridized carbons (Fsp3) is 0.527. The van der Waals surface area contributed by atoms with Crippen LogP contribution in [0.3, 0.4) is 0 Å². The predicted molar refractivity (Wildman–Crippen MR) is 295 cm³/mol. The smallest absolute Gasteiger partial charge is 0.295 e. The zero-order valence-corrected chi connectivity index (χ0v) is 47.9. The van der Waals surface area contributed by atoms with Crippen LogP contribution < -0.4 is 25.4 Å². The molecule has 19 heteroatoms. The number of ether oxygens (including phenoxy) is 5. The van der Waals surface area contributed by atoms with Gasteiger partial charge < -0.3 is 44.5 Å². The van der Waals surface area contributed by atoms with E-state index in [4.69, 9.17) is 18.9 Å². The lowest BCUT2D eigenvalue weighted by atomic mass is 10.1. The standard InChI is InChI=1S/C27H41N3O5S.C14H21NO6S.C13H22N2.CH4/c1-20-15-24(34-8)16-21(2)26(20)36(32,33)30(7)13-14-35-19-25(31)29(6)18-23-11-9-22(10-12-23)17-28-27(3,4)5;1-11-7-13(19-4)8-12(2)14(11)22(17,18)15(3)5-6-20-10-21-9-16;1-13(2,3)15-10-12-7-5-11(6-8-12)9-14-4;/h9-12,15-16,28H,13-14,17-19H2,1-8H3;7-9H,5-6,10H2,1-4H3;5-8,14-15H,9-10H2,1-4H3;1H4. The summed E-state index contributed by atoms with van der Waals surface area (Å²) in [6.07, 6.45) is 0. The van der Waals surface area contributed by atoms with Gasteiger partial charge in [-0.25, -0.2) is 16.8 Å². The summed E-state index contributed by atoms with van der Waals surface area (Å²) in [5.74, 6) is 1.07. The molecule has 0 saturated heterocycles. The second-order valence-corrected chi connectivity index (χ2v) is 23.8. The van der Waals surface area contributed by atoms with Gasteiger partial charge in [-0.1, -0.05) is 56.0 Å². The van der Waals surface area contributed by atoms with Crippen molar-refractivity contribution in [3.63, 3.8) is 0 Å². The van der Waals surface area contributed by atoms with Gasteiger partial charge in [0.2, 0.25) is 26.0 Å². The molecule has 0 aliphatic carbocycles. The van der Waals surface area contributed by atoms with Crippen LogP contribution in [0, 0.1) is 27.7 Å². The van der Waals surface area contributed by atoms with Gasteiger partial charge in [-0.05, 0) is 145 Å². The van der Waals surface area contributed by atoms with E-state index in [0.29, 0.717) is 40.3 Å². The molecule has 0 aromatic heterocycles. The van der Waals surface area contributed by atoms with Gasteiger partial charge in [-0.2, -0.15) is 8.61 Å². The highest BCUT2D eigenvalue weighted by Crippen LogP contribution is 2.29. The number of rotatable bonds is 25. The van der Waals surface area contributed by atoms with Crippen LogP contribution in [0.5, 0.6) is 11.5 Å². The normalized spacial score (nSPS) is 11.7. The molecule has 74 heavy (non-hydrogen) atoms. The quantitative estimate of drug-likeness (QED) is 0.0335. The number of carbonyl (C=O) groups excluding carboxylic acids is 2. The predicted octanol–water partition coefficient (Wildman–Crippen LogP) is 7.51. The van der Waals surface area contributed by atoms with Gasteiger partial charge in [-0.15, -0.1) is 0 Å². The molecule has 3 N–H and O–H groups in total. The molecule has 0 bridgehead atoms. The molecule has 1 amide bonds. The van der Waals surface area contributed by atoms with Crippen molar-refractivity contribution in [2.24, 2.45) is 0 Å². The minimum absolute atomic E-state index is 0. The monoisotopic (exact) mass is 1070 g/mol. The molecule has 4 rings (SSSR count). The van der Waals surface area contributed by atoms with Crippen LogP contribution in [0.25, 0.3) is 0 Å². The van der Waals surface area contributed by atoms with Gasteiger partial charge in [0.25, 0.3) is 6.47 Å². The number of benzene rings is 4. The summed E-state index contributed by atoms with van der Waals surface area (Å²) in [5.41, 5.74) is 7.60. The van der Waals surface area contributed by atoms with Crippen LogP contribution in [0.15, 0.2) is 82.6 Å². The topological polar surface area (TPSA) is 194 Å². The molecule has 0 heterocycles. The number of likely N-dealkylation sites (N-methyl/N-ethyl adjacent to an activating group) is 3. The number of aryl methyl sites for hydroxylation is 4. The molecule has 17 nitrogen and oxygen atoms in total. The molecule has 0 aliphatic heterocycles. The Bertz CT molecular complexity index is 2500. The minimum Gasteiger partial charge on any atom is -0.497 e. The first-order valence-electron chi connectivity index (χ1n) is 24.1. The molecule has 4 aromatic carbocycles. The summed E-state index contributed by atoms with van der Waals surface area (Å²) < 4.78 is 79.1. The molecule has 0 fully saturated rings. The van der Waals surface area contributed by atoms with Crippen LogP contribution >= 0.6 is 0 Å². The number of amides is 1. The van der Waals surface area contributed by atoms with E-state index in [1.54, 1.807) is 71.0 Å². The number of hydrogen-bond acceptors (Lipinski definition) is 14. The van der Waals surface area contributed by atoms with Crippen molar-refractivity contribution >= 4 is 32.4 Å². The Labute approximate surface area is 444 Å². The van der Waals surface area contributed by atoms with E-state index < -0.39 is 20.0 Å². The lowest BCUT2D eigenvalue weighted by Gasteiger charge is -2.21. The summed E-state index contributed by atoms with van der Waals surface area (Å²) in [6.45, 7) is 23.5. The number of nitrogens with one attached hydrogen (secondary N) is 3. The molecule has 0 atom stereocenters. The fourth-order valence-corrected chi connectivity index (χ4v) is 10.2. The van der Waals surface area contributed by atoms with Crippen molar-refractivity contribution in [3.05, 3.63) is 117 Å². The first-order valence-corrected chi connectivity index (χ1v) is 27.0. The number of hydrogen-bond donors (Lipinski definition) is 3. The van der Waals surface area contributed by atoms with E-state index in [1.165, 1.54) is 46.5 Å². The van der Waals surface area contributed by atoms with E-state index in [9.17, 15) is 26.4 Å². The van der Waals surface area contributed by atoms with Crippen molar-refractivity contribution in [1.82, 2.24) is 29.5 Å². The Kier molecular flexibility index (Phi) is 28.8. The Hall–Kier alpha value is -4.96. The van der Waals surface area contributed by atoms with Crippen molar-refractivity contribution in [2.45, 2.75) is 124 Å². The summed E-state index contributed by atoms with van der Waals surface area (Å²) in [5, 5.41) is 10.1. The zero-order valence-electron chi connectivity index (χ0n) is 46.2. The lowest BCUT2D eigenvalue weighted by molar-refractivity contribution is -0.140. The van der Waals surface area contributed by atoms with Crippen molar-refractivity contribution in [3.8, 4) is 11.5 Å². The fourth-order valence-electron chi connectivity index (χ4n) is 7.05. The maximum atomic E-state index is 13.1. The Morgan fingerprint density at radius 3 is 1.28 bits per heavy atom. The SMILES string of the molecule is C.CNCc1ccc(CNC(C)(C)C)cc1.COc1cc(C)c(S(=O)(=O)N(C)CCOCC(=O)N(C)Cc2ccc(CNC(C)(C)C)cc2)c(C)c1.COc1cc(C)c(S(=O)(=O)N(C)CCOCOC=O)c(C)c1. The molecule has 0 radical (unpaired) electrons. The average Bonchev–Trinajstić information content (AvgIpc) is 3.31. The van der Waals surface area contributed by atoms with Crippen molar-refractivity contribution in [1.29, 1.82) is 0 Å². The van der Waals surface area contributed by atoms with E-state index in [-0.39, 0.29) is 80.4 Å². The average molecular weight is 1070 g/mol. The maximum absolute atomic E-state index is 13.1. The number of methoxy groups -OCH3 is 2. The van der Waals surface area contributed by atoms with Gasteiger partial charge in [0.1, 0.15) is 18.1 Å².